The number of benzene rings is 1. The zero-order valence-electron chi connectivity index (χ0n) is 10.4. The van der Waals surface area contributed by atoms with Crippen LogP contribution < -0.4 is 5.32 Å². The zero-order chi connectivity index (χ0) is 15.6. The summed E-state index contributed by atoms with van der Waals surface area (Å²) >= 11 is 3.01. The second kappa shape index (κ2) is 5.80. The van der Waals surface area contributed by atoms with E-state index >= 15 is 0 Å². The molecule has 1 aromatic carbocycles. The van der Waals surface area contributed by atoms with Crippen LogP contribution in [0.15, 0.2) is 39.4 Å². The third-order valence-electron chi connectivity index (χ3n) is 2.65. The molecule has 0 aliphatic heterocycles. The number of carbonyl (C=O) groups is 1. The molecule has 2 rings (SSSR count). The van der Waals surface area contributed by atoms with E-state index < -0.39 is 17.7 Å². The third kappa shape index (κ3) is 3.78. The monoisotopic (exact) mass is 363 g/mol. The van der Waals surface area contributed by atoms with E-state index in [4.69, 9.17) is 9.52 Å². The first kappa shape index (κ1) is 15.4. The van der Waals surface area contributed by atoms with E-state index in [1.54, 1.807) is 0 Å². The molecule has 0 aliphatic rings. The third-order valence-corrected chi connectivity index (χ3v) is 3.11. The quantitative estimate of drug-likeness (QED) is 0.846. The van der Waals surface area contributed by atoms with Gasteiger partial charge in [0.15, 0.2) is 0 Å². The number of hydrogen-bond acceptors (Lipinski definition) is 3. The Labute approximate surface area is 125 Å². The standard InChI is InChI=1S/C13H9BrF3NO3/c14-9-3-8(13(15,16)17)4-10(5-9)18-6-7-1-2-21-11(7)12(19)20/h1-5,18H,6H2,(H,19,20). The lowest BCUT2D eigenvalue weighted by molar-refractivity contribution is -0.137. The first-order chi connectivity index (χ1) is 9.77. The van der Waals surface area contributed by atoms with E-state index in [1.807, 2.05) is 0 Å². The largest absolute Gasteiger partial charge is 0.475 e. The summed E-state index contributed by atoms with van der Waals surface area (Å²) in [5.74, 6) is -1.48. The number of aromatic carboxylic acids is 1. The predicted octanol–water partition coefficient (Wildman–Crippen LogP) is 4.37. The van der Waals surface area contributed by atoms with Gasteiger partial charge in [-0.2, -0.15) is 13.2 Å². The summed E-state index contributed by atoms with van der Waals surface area (Å²) in [4.78, 5) is 10.9. The highest BCUT2D eigenvalue weighted by atomic mass is 79.9. The number of furan rings is 1. The normalized spacial score (nSPS) is 11.4. The zero-order valence-corrected chi connectivity index (χ0v) is 12.0. The van der Waals surface area contributed by atoms with Crippen molar-refractivity contribution in [3.63, 3.8) is 0 Å². The lowest BCUT2D eigenvalue weighted by atomic mass is 10.2. The van der Waals surface area contributed by atoms with Crippen LogP contribution in [0.2, 0.25) is 0 Å². The highest BCUT2D eigenvalue weighted by Crippen LogP contribution is 2.33. The molecule has 0 fully saturated rings. The average Bonchev–Trinajstić information content (AvgIpc) is 2.83. The molecule has 4 nitrogen and oxygen atoms in total. The summed E-state index contributed by atoms with van der Waals surface area (Å²) in [6, 6.07) is 4.83. The lowest BCUT2D eigenvalue weighted by Crippen LogP contribution is -2.08. The van der Waals surface area contributed by atoms with Gasteiger partial charge in [0.05, 0.1) is 11.8 Å². The van der Waals surface area contributed by atoms with Gasteiger partial charge >= 0.3 is 12.1 Å². The van der Waals surface area contributed by atoms with Gasteiger partial charge in [-0.25, -0.2) is 4.79 Å². The molecular weight excluding hydrogens is 355 g/mol. The Bertz CT molecular complexity index is 667. The van der Waals surface area contributed by atoms with Crippen molar-refractivity contribution in [3.8, 4) is 0 Å². The van der Waals surface area contributed by atoms with Crippen molar-refractivity contribution in [2.45, 2.75) is 12.7 Å². The second-order valence-electron chi connectivity index (χ2n) is 4.16. The van der Waals surface area contributed by atoms with Crippen LogP contribution in [-0.4, -0.2) is 11.1 Å². The van der Waals surface area contributed by atoms with E-state index in [9.17, 15) is 18.0 Å². The highest BCUT2D eigenvalue weighted by Gasteiger charge is 2.31. The average molecular weight is 364 g/mol. The molecule has 0 spiro atoms. The maximum Gasteiger partial charge on any atom is 0.416 e. The Morgan fingerprint density at radius 2 is 2.05 bits per heavy atom. The Hall–Kier alpha value is -1.96. The maximum absolute atomic E-state index is 12.7. The van der Waals surface area contributed by atoms with Gasteiger partial charge in [-0.15, -0.1) is 0 Å². The fourth-order valence-electron chi connectivity index (χ4n) is 1.72. The molecule has 0 amide bonds. The second-order valence-corrected chi connectivity index (χ2v) is 5.08. The summed E-state index contributed by atoms with van der Waals surface area (Å²) < 4.78 is 43.1. The topological polar surface area (TPSA) is 62.5 Å². The first-order valence-corrected chi connectivity index (χ1v) is 6.48. The molecule has 0 atom stereocenters. The molecule has 0 aliphatic carbocycles. The number of rotatable bonds is 4. The van der Waals surface area contributed by atoms with Gasteiger partial charge in [0.1, 0.15) is 0 Å². The molecule has 1 heterocycles. The van der Waals surface area contributed by atoms with Crippen LogP contribution in [0, 0.1) is 0 Å². The molecule has 0 bridgehead atoms. The van der Waals surface area contributed by atoms with E-state index in [-0.39, 0.29) is 22.5 Å². The molecule has 2 N–H and O–H groups in total. The molecule has 0 saturated heterocycles. The van der Waals surface area contributed by atoms with Crippen LogP contribution in [0.25, 0.3) is 0 Å². The minimum Gasteiger partial charge on any atom is -0.475 e. The number of alkyl halides is 3. The molecule has 2 aromatic rings. The molecule has 1 aromatic heterocycles. The van der Waals surface area contributed by atoms with Crippen LogP contribution in [0.1, 0.15) is 21.7 Å². The van der Waals surface area contributed by atoms with Crippen molar-refractivity contribution in [2.24, 2.45) is 0 Å². The molecule has 0 unspecified atom stereocenters. The van der Waals surface area contributed by atoms with Gasteiger partial charge in [-0.05, 0) is 24.3 Å². The van der Waals surface area contributed by atoms with E-state index in [0.29, 0.717) is 5.56 Å². The lowest BCUT2D eigenvalue weighted by Gasteiger charge is -2.11. The van der Waals surface area contributed by atoms with Crippen LogP contribution in [0.4, 0.5) is 18.9 Å². The summed E-state index contributed by atoms with van der Waals surface area (Å²) in [6.45, 7) is 0.0336. The summed E-state index contributed by atoms with van der Waals surface area (Å²) in [5.41, 5.74) is -0.240. The number of hydrogen-bond donors (Lipinski definition) is 2. The molecule has 0 radical (unpaired) electrons. The van der Waals surface area contributed by atoms with Gasteiger partial charge in [-0.1, -0.05) is 15.9 Å². The maximum atomic E-state index is 12.7. The predicted molar refractivity (Wildman–Crippen MR) is 72.1 cm³/mol. The van der Waals surface area contributed by atoms with Crippen molar-refractivity contribution in [1.29, 1.82) is 0 Å². The van der Waals surface area contributed by atoms with Crippen LogP contribution >= 0.6 is 15.9 Å². The Kier molecular flexibility index (Phi) is 4.26. The van der Waals surface area contributed by atoms with Gasteiger partial charge in [-0.3, -0.25) is 0 Å². The van der Waals surface area contributed by atoms with Gasteiger partial charge in [0.2, 0.25) is 5.76 Å². The molecule has 112 valence electrons. The number of carboxylic acids is 1. The smallest absolute Gasteiger partial charge is 0.416 e. The SMILES string of the molecule is O=C(O)c1occc1CNc1cc(Br)cc(C(F)(F)F)c1. The van der Waals surface area contributed by atoms with Gasteiger partial charge in [0.25, 0.3) is 0 Å². The highest BCUT2D eigenvalue weighted by molar-refractivity contribution is 9.10. The number of nitrogens with one attached hydrogen (secondary N) is 1. The molecule has 8 heteroatoms. The van der Waals surface area contributed by atoms with Crippen LogP contribution in [0.5, 0.6) is 0 Å². The van der Waals surface area contributed by atoms with Crippen molar-refractivity contribution in [1.82, 2.24) is 0 Å². The van der Waals surface area contributed by atoms with Crippen molar-refractivity contribution in [3.05, 3.63) is 51.9 Å². The number of carboxylic acid groups (broad SMARTS) is 1. The van der Waals surface area contributed by atoms with Gasteiger partial charge in [0, 0.05) is 22.3 Å². The number of anilines is 1. The molecule has 0 saturated carbocycles. The Balaban J connectivity index is 2.19. The Morgan fingerprint density at radius 1 is 1.33 bits per heavy atom. The molecular formula is C13H9BrF3NO3. The van der Waals surface area contributed by atoms with E-state index in [1.165, 1.54) is 18.4 Å². The summed E-state index contributed by atoms with van der Waals surface area (Å²) in [6.07, 6.45) is -3.25. The fourth-order valence-corrected chi connectivity index (χ4v) is 2.21. The minimum absolute atomic E-state index is 0.0336. The number of halogens is 4. The fraction of sp³-hybridized carbons (Fsp3) is 0.154. The Morgan fingerprint density at radius 3 is 2.67 bits per heavy atom. The summed E-state index contributed by atoms with van der Waals surface area (Å²) in [7, 11) is 0. The minimum atomic E-state index is -4.46. The van der Waals surface area contributed by atoms with Crippen molar-refractivity contribution >= 4 is 27.6 Å². The van der Waals surface area contributed by atoms with E-state index in [2.05, 4.69) is 21.2 Å². The van der Waals surface area contributed by atoms with Crippen LogP contribution in [-0.2, 0) is 12.7 Å². The first-order valence-electron chi connectivity index (χ1n) is 5.68. The van der Waals surface area contributed by atoms with Crippen LogP contribution in [0.3, 0.4) is 0 Å². The molecule has 21 heavy (non-hydrogen) atoms. The van der Waals surface area contributed by atoms with Gasteiger partial charge < -0.3 is 14.8 Å². The van der Waals surface area contributed by atoms with E-state index in [0.717, 1.165) is 12.1 Å². The van der Waals surface area contributed by atoms with Crippen molar-refractivity contribution < 1.29 is 27.5 Å². The van der Waals surface area contributed by atoms with Crippen molar-refractivity contribution in [2.75, 3.05) is 5.32 Å². The summed E-state index contributed by atoms with van der Waals surface area (Å²) in [5, 5.41) is 11.6.